The lowest BCUT2D eigenvalue weighted by molar-refractivity contribution is 0.0523. The summed E-state index contributed by atoms with van der Waals surface area (Å²) in [5.41, 5.74) is 1.63. The number of rotatable bonds is 5. The van der Waals surface area contributed by atoms with E-state index in [0.29, 0.717) is 15.7 Å². The zero-order valence-corrected chi connectivity index (χ0v) is 17.4. The number of hydrogen-bond donors (Lipinski definition) is 3. The fourth-order valence-electron chi connectivity index (χ4n) is 2.26. The van der Waals surface area contributed by atoms with Gasteiger partial charge in [0.05, 0.1) is 0 Å². The molecule has 2 aromatic carbocycles. The van der Waals surface area contributed by atoms with Crippen LogP contribution < -0.4 is 16.0 Å². The van der Waals surface area contributed by atoms with Crippen molar-refractivity contribution in [2.75, 3.05) is 5.32 Å². The lowest BCUT2D eigenvalue weighted by Crippen LogP contribution is -2.32. The summed E-state index contributed by atoms with van der Waals surface area (Å²) in [6.45, 7) is 5.95. The van der Waals surface area contributed by atoms with E-state index >= 15 is 0 Å². The largest absolute Gasteiger partial charge is 0.444 e. The van der Waals surface area contributed by atoms with E-state index in [1.165, 1.54) is 0 Å². The molecule has 28 heavy (non-hydrogen) atoms. The van der Waals surface area contributed by atoms with Crippen LogP contribution in [0.25, 0.3) is 0 Å². The summed E-state index contributed by atoms with van der Waals surface area (Å²) in [5, 5.41) is 9.19. The van der Waals surface area contributed by atoms with Gasteiger partial charge < -0.3 is 20.7 Å². The number of alkyl carbamates (subject to hydrolysis) is 1. The third-order valence-electron chi connectivity index (χ3n) is 3.48. The number of anilines is 1. The van der Waals surface area contributed by atoms with Crippen molar-refractivity contribution < 1.29 is 14.3 Å². The number of benzene rings is 2. The Labute approximate surface area is 174 Å². The number of carbonyl (C=O) groups is 2. The van der Waals surface area contributed by atoms with Crippen LogP contribution in [-0.4, -0.2) is 17.7 Å². The molecule has 3 amide bonds. The summed E-state index contributed by atoms with van der Waals surface area (Å²) in [4.78, 5) is 23.8. The number of hydrogen-bond acceptors (Lipinski definition) is 3. The van der Waals surface area contributed by atoms with Gasteiger partial charge in [0.25, 0.3) is 0 Å². The van der Waals surface area contributed by atoms with Gasteiger partial charge in [-0.2, -0.15) is 0 Å². The van der Waals surface area contributed by atoms with E-state index in [1.807, 2.05) is 6.07 Å². The first-order valence-electron chi connectivity index (χ1n) is 8.67. The van der Waals surface area contributed by atoms with Gasteiger partial charge in [0.1, 0.15) is 5.60 Å². The molecule has 0 unspecified atom stereocenters. The minimum absolute atomic E-state index is 0.266. The molecule has 8 heteroatoms. The fraction of sp³-hybridized carbons (Fsp3) is 0.300. The maximum Gasteiger partial charge on any atom is 0.407 e. The summed E-state index contributed by atoms with van der Waals surface area (Å²) in [5.74, 6) is 0. The molecule has 3 N–H and O–H groups in total. The topological polar surface area (TPSA) is 79.5 Å². The second kappa shape index (κ2) is 9.66. The highest BCUT2D eigenvalue weighted by atomic mass is 35.5. The molecule has 0 aliphatic rings. The van der Waals surface area contributed by atoms with Gasteiger partial charge in [0.15, 0.2) is 0 Å². The van der Waals surface area contributed by atoms with Gasteiger partial charge in [0.2, 0.25) is 0 Å². The van der Waals surface area contributed by atoms with Gasteiger partial charge in [-0.05, 0) is 56.2 Å². The van der Waals surface area contributed by atoms with Crippen LogP contribution in [0, 0.1) is 0 Å². The van der Waals surface area contributed by atoms with Crippen molar-refractivity contribution in [3.8, 4) is 0 Å². The molecule has 0 saturated heterocycles. The van der Waals surface area contributed by atoms with Gasteiger partial charge in [-0.15, -0.1) is 0 Å². The second-order valence-electron chi connectivity index (χ2n) is 7.10. The molecular weight excluding hydrogens is 401 g/mol. The van der Waals surface area contributed by atoms with Gasteiger partial charge in [0, 0.05) is 28.8 Å². The predicted octanol–water partition coefficient (Wildman–Crippen LogP) is 5.34. The minimum atomic E-state index is -0.557. The van der Waals surface area contributed by atoms with E-state index in [-0.39, 0.29) is 19.1 Å². The molecule has 0 aliphatic carbocycles. The summed E-state index contributed by atoms with van der Waals surface area (Å²) in [6.07, 6.45) is -0.497. The number of ether oxygens (including phenoxy) is 1. The summed E-state index contributed by atoms with van der Waals surface area (Å²) in [7, 11) is 0. The quantitative estimate of drug-likeness (QED) is 0.606. The fourth-order valence-corrected chi connectivity index (χ4v) is 2.74. The van der Waals surface area contributed by atoms with Crippen molar-refractivity contribution in [3.05, 3.63) is 63.6 Å². The lowest BCUT2D eigenvalue weighted by Gasteiger charge is -2.19. The van der Waals surface area contributed by atoms with Gasteiger partial charge in [-0.25, -0.2) is 9.59 Å². The molecule has 0 radical (unpaired) electrons. The van der Waals surface area contributed by atoms with Crippen LogP contribution in [0.2, 0.25) is 10.0 Å². The zero-order valence-electron chi connectivity index (χ0n) is 15.9. The highest BCUT2D eigenvalue weighted by molar-refractivity contribution is 6.35. The first kappa shape index (κ1) is 21.9. The van der Waals surface area contributed by atoms with Crippen LogP contribution in [-0.2, 0) is 17.8 Å². The molecule has 0 spiro atoms. The first-order valence-corrected chi connectivity index (χ1v) is 9.42. The Balaban J connectivity index is 1.86. The van der Waals surface area contributed by atoms with Gasteiger partial charge in [-0.3, -0.25) is 0 Å². The molecule has 0 fully saturated rings. The number of amides is 3. The van der Waals surface area contributed by atoms with Crippen molar-refractivity contribution in [1.82, 2.24) is 10.6 Å². The van der Waals surface area contributed by atoms with Crippen molar-refractivity contribution >= 4 is 41.0 Å². The van der Waals surface area contributed by atoms with E-state index in [9.17, 15) is 9.59 Å². The molecule has 0 aromatic heterocycles. The molecule has 0 atom stereocenters. The average molecular weight is 424 g/mol. The molecule has 150 valence electrons. The second-order valence-corrected chi connectivity index (χ2v) is 7.94. The number of urea groups is 1. The Bertz CT molecular complexity index is 851. The molecule has 0 saturated carbocycles. The standard InChI is InChI=1S/C20H23Cl2N3O3/c1-20(2,3)28-19(27)24-11-13-5-4-6-16(9-13)25-18(26)23-12-14-7-8-15(21)10-17(14)22/h4-10H,11-12H2,1-3H3,(H,24,27)(H2,23,25,26). The van der Waals surface area contributed by atoms with Crippen molar-refractivity contribution in [2.24, 2.45) is 0 Å². The Morgan fingerprint density at radius 2 is 1.75 bits per heavy atom. The van der Waals surface area contributed by atoms with E-state index < -0.39 is 11.7 Å². The predicted molar refractivity (Wildman–Crippen MR) is 112 cm³/mol. The third-order valence-corrected chi connectivity index (χ3v) is 4.06. The van der Waals surface area contributed by atoms with Crippen LogP contribution >= 0.6 is 23.2 Å². The van der Waals surface area contributed by atoms with Crippen LogP contribution in [0.3, 0.4) is 0 Å². The smallest absolute Gasteiger partial charge is 0.407 e. The van der Waals surface area contributed by atoms with E-state index in [1.54, 1.807) is 57.2 Å². The number of nitrogens with one attached hydrogen (secondary N) is 3. The number of halogens is 2. The summed E-state index contributed by atoms with van der Waals surface area (Å²) in [6, 6.07) is 11.9. The van der Waals surface area contributed by atoms with Crippen molar-refractivity contribution in [2.45, 2.75) is 39.5 Å². The van der Waals surface area contributed by atoms with Gasteiger partial charge >= 0.3 is 12.1 Å². The number of carbonyl (C=O) groups excluding carboxylic acids is 2. The molecule has 0 bridgehead atoms. The Morgan fingerprint density at radius 3 is 2.43 bits per heavy atom. The normalized spacial score (nSPS) is 10.9. The van der Waals surface area contributed by atoms with E-state index in [0.717, 1.165) is 11.1 Å². The summed E-state index contributed by atoms with van der Waals surface area (Å²) >= 11 is 12.0. The Hall–Kier alpha value is -2.44. The van der Waals surface area contributed by atoms with Gasteiger partial charge in [-0.1, -0.05) is 41.4 Å². The van der Waals surface area contributed by atoms with Crippen molar-refractivity contribution in [3.63, 3.8) is 0 Å². The van der Waals surface area contributed by atoms with Crippen LogP contribution in [0.4, 0.5) is 15.3 Å². The average Bonchev–Trinajstić information content (AvgIpc) is 2.58. The molecule has 2 aromatic rings. The highest BCUT2D eigenvalue weighted by Gasteiger charge is 2.15. The molecule has 0 heterocycles. The molecular formula is C20H23Cl2N3O3. The van der Waals surface area contributed by atoms with E-state index in [2.05, 4.69) is 16.0 Å². The monoisotopic (exact) mass is 423 g/mol. The zero-order chi connectivity index (χ0) is 20.7. The lowest BCUT2D eigenvalue weighted by atomic mass is 10.2. The third kappa shape index (κ3) is 7.66. The molecule has 0 aliphatic heterocycles. The van der Waals surface area contributed by atoms with Crippen LogP contribution in [0.1, 0.15) is 31.9 Å². The summed E-state index contributed by atoms with van der Waals surface area (Å²) < 4.78 is 5.20. The maximum atomic E-state index is 12.1. The Morgan fingerprint density at radius 1 is 1.00 bits per heavy atom. The molecule has 2 rings (SSSR count). The minimum Gasteiger partial charge on any atom is -0.444 e. The van der Waals surface area contributed by atoms with Crippen molar-refractivity contribution in [1.29, 1.82) is 0 Å². The Kier molecular flexibility index (Phi) is 7.54. The highest BCUT2D eigenvalue weighted by Crippen LogP contribution is 2.20. The SMILES string of the molecule is CC(C)(C)OC(=O)NCc1cccc(NC(=O)NCc2ccc(Cl)cc2Cl)c1. The van der Waals surface area contributed by atoms with Crippen LogP contribution in [0.5, 0.6) is 0 Å². The van der Waals surface area contributed by atoms with Crippen LogP contribution in [0.15, 0.2) is 42.5 Å². The van der Waals surface area contributed by atoms with E-state index in [4.69, 9.17) is 27.9 Å². The molecule has 6 nitrogen and oxygen atoms in total. The maximum absolute atomic E-state index is 12.1. The first-order chi connectivity index (χ1) is 13.1.